The summed E-state index contributed by atoms with van der Waals surface area (Å²) < 4.78 is 40.4. The molecule has 9 heteroatoms. The van der Waals surface area contributed by atoms with Crippen molar-refractivity contribution in [2.75, 3.05) is 13.6 Å². The Labute approximate surface area is 150 Å². The Balaban J connectivity index is 2.01. The van der Waals surface area contributed by atoms with E-state index in [4.69, 9.17) is 0 Å². The Hall–Kier alpha value is -2.58. The maximum atomic E-state index is 12.9. The van der Waals surface area contributed by atoms with Gasteiger partial charge >= 0.3 is 6.18 Å². The highest BCUT2D eigenvalue weighted by molar-refractivity contribution is 5.79. The molecule has 1 aromatic heterocycles. The first-order valence-corrected chi connectivity index (χ1v) is 8.08. The minimum atomic E-state index is -4.35. The number of aliphatic imine (C=N–C) groups is 1. The first-order valence-electron chi connectivity index (χ1n) is 8.08. The van der Waals surface area contributed by atoms with Crippen molar-refractivity contribution in [2.45, 2.75) is 32.0 Å². The van der Waals surface area contributed by atoms with Crippen LogP contribution in [0.25, 0.3) is 0 Å². The number of nitrogens with zero attached hydrogens (tertiary/aromatic N) is 4. The summed E-state index contributed by atoms with van der Waals surface area (Å²) in [4.78, 5) is 8.24. The van der Waals surface area contributed by atoms with E-state index in [1.807, 2.05) is 13.8 Å². The van der Waals surface area contributed by atoms with E-state index in [9.17, 15) is 13.2 Å². The molecule has 0 atom stereocenters. The summed E-state index contributed by atoms with van der Waals surface area (Å²) in [5.74, 6) is 1.28. The molecular weight excluding hydrogens is 345 g/mol. The molecule has 0 amide bonds. The number of aryl methyl sites for hydroxylation is 1. The molecule has 2 aromatic rings. The van der Waals surface area contributed by atoms with Gasteiger partial charge < -0.3 is 10.6 Å². The number of nitrogens with one attached hydrogen (secondary N) is 2. The van der Waals surface area contributed by atoms with Gasteiger partial charge in [0, 0.05) is 26.1 Å². The number of benzene rings is 1. The Bertz CT molecular complexity index is 764. The van der Waals surface area contributed by atoms with E-state index in [1.165, 1.54) is 18.5 Å². The van der Waals surface area contributed by atoms with Gasteiger partial charge in [0.05, 0.1) is 12.1 Å². The summed E-state index contributed by atoms with van der Waals surface area (Å²) in [6.45, 7) is 4.60. The smallest absolute Gasteiger partial charge is 0.356 e. The number of guanidine groups is 1. The molecule has 0 saturated heterocycles. The third kappa shape index (κ3) is 4.96. The van der Waals surface area contributed by atoms with Crippen molar-refractivity contribution in [1.29, 1.82) is 0 Å². The molecule has 1 heterocycles. The zero-order valence-corrected chi connectivity index (χ0v) is 15.2. The number of rotatable bonds is 5. The summed E-state index contributed by atoms with van der Waals surface area (Å²) >= 11 is 0. The van der Waals surface area contributed by atoms with Crippen LogP contribution in [-0.2, 0) is 25.2 Å². The molecule has 6 nitrogen and oxygen atoms in total. The van der Waals surface area contributed by atoms with Crippen molar-refractivity contribution in [3.63, 3.8) is 0 Å². The molecule has 0 fully saturated rings. The van der Waals surface area contributed by atoms with Crippen molar-refractivity contribution in [1.82, 2.24) is 25.4 Å². The van der Waals surface area contributed by atoms with Gasteiger partial charge in [-0.1, -0.05) is 32.0 Å². The molecule has 0 radical (unpaired) electrons. The first kappa shape index (κ1) is 19.7. The van der Waals surface area contributed by atoms with Crippen LogP contribution in [0.5, 0.6) is 0 Å². The molecule has 0 saturated carbocycles. The van der Waals surface area contributed by atoms with Gasteiger partial charge in [-0.25, -0.2) is 4.98 Å². The number of aromatic nitrogens is 3. The van der Waals surface area contributed by atoms with Crippen LogP contribution in [0, 0.1) is 0 Å². The predicted octanol–water partition coefficient (Wildman–Crippen LogP) is 2.48. The number of hydrogen-bond acceptors (Lipinski definition) is 3. The fraction of sp³-hybridized carbons (Fsp3) is 0.471. The summed E-state index contributed by atoms with van der Waals surface area (Å²) in [5, 5.41) is 10.2. The van der Waals surface area contributed by atoms with Gasteiger partial charge in [-0.3, -0.25) is 9.67 Å². The van der Waals surface area contributed by atoms with Crippen LogP contribution in [0.15, 0.2) is 35.6 Å². The number of halogens is 3. The molecule has 0 bridgehead atoms. The molecule has 0 aliphatic rings. The molecule has 2 N–H and O–H groups in total. The normalized spacial score (nSPS) is 13.0. The largest absolute Gasteiger partial charge is 0.416 e. The summed E-state index contributed by atoms with van der Waals surface area (Å²) in [7, 11) is 3.42. The summed E-state index contributed by atoms with van der Waals surface area (Å²) in [5.41, 5.74) is -0.569. The van der Waals surface area contributed by atoms with Crippen LogP contribution >= 0.6 is 0 Å². The average Bonchev–Trinajstić information content (AvgIpc) is 2.99. The lowest BCUT2D eigenvalue weighted by Gasteiger charge is -2.27. The maximum absolute atomic E-state index is 12.9. The van der Waals surface area contributed by atoms with Gasteiger partial charge in [-0.15, -0.1) is 0 Å². The van der Waals surface area contributed by atoms with Gasteiger partial charge in [-0.2, -0.15) is 18.3 Å². The third-order valence-electron chi connectivity index (χ3n) is 4.11. The van der Waals surface area contributed by atoms with Crippen LogP contribution in [-0.4, -0.2) is 34.3 Å². The second-order valence-corrected chi connectivity index (χ2v) is 6.54. The molecular formula is C17H23F3N6. The summed E-state index contributed by atoms with van der Waals surface area (Å²) in [6, 6.07) is 5.40. The van der Waals surface area contributed by atoms with Crippen LogP contribution < -0.4 is 10.6 Å². The Kier molecular flexibility index (Phi) is 5.89. The molecule has 0 aliphatic carbocycles. The van der Waals surface area contributed by atoms with Crippen LogP contribution in [0.4, 0.5) is 13.2 Å². The van der Waals surface area contributed by atoms with E-state index in [-0.39, 0.29) is 0 Å². The average molecular weight is 368 g/mol. The van der Waals surface area contributed by atoms with Gasteiger partial charge in [0.25, 0.3) is 0 Å². The van der Waals surface area contributed by atoms with Crippen molar-refractivity contribution < 1.29 is 13.2 Å². The van der Waals surface area contributed by atoms with Crippen LogP contribution in [0.2, 0.25) is 0 Å². The van der Waals surface area contributed by atoms with E-state index >= 15 is 0 Å². The Morgan fingerprint density at radius 1 is 1.19 bits per heavy atom. The molecule has 0 unspecified atom stereocenters. The highest BCUT2D eigenvalue weighted by atomic mass is 19.4. The molecule has 26 heavy (non-hydrogen) atoms. The van der Waals surface area contributed by atoms with Gasteiger partial charge in [0.15, 0.2) is 5.96 Å². The second-order valence-electron chi connectivity index (χ2n) is 6.54. The van der Waals surface area contributed by atoms with E-state index < -0.39 is 17.2 Å². The quantitative estimate of drug-likeness (QED) is 0.629. The monoisotopic (exact) mass is 368 g/mol. The molecule has 142 valence electrons. The van der Waals surface area contributed by atoms with E-state index in [2.05, 4.69) is 25.7 Å². The minimum absolute atomic E-state index is 0.410. The van der Waals surface area contributed by atoms with E-state index in [0.29, 0.717) is 24.6 Å². The minimum Gasteiger partial charge on any atom is -0.356 e. The fourth-order valence-electron chi connectivity index (χ4n) is 2.39. The molecule has 0 spiro atoms. The van der Waals surface area contributed by atoms with Crippen molar-refractivity contribution in [3.05, 3.63) is 47.5 Å². The fourth-order valence-corrected chi connectivity index (χ4v) is 2.39. The number of alkyl halides is 3. The zero-order chi connectivity index (χ0) is 19.4. The van der Waals surface area contributed by atoms with Crippen molar-refractivity contribution in [3.8, 4) is 0 Å². The zero-order valence-electron chi connectivity index (χ0n) is 15.2. The topological polar surface area (TPSA) is 67.1 Å². The van der Waals surface area contributed by atoms with E-state index in [1.54, 1.807) is 24.8 Å². The highest BCUT2D eigenvalue weighted by Gasteiger charge is 2.32. The lowest BCUT2D eigenvalue weighted by molar-refractivity contribution is -0.137. The second kappa shape index (κ2) is 7.76. The lowest BCUT2D eigenvalue weighted by atomic mass is 9.84. The maximum Gasteiger partial charge on any atom is 0.416 e. The first-order chi connectivity index (χ1) is 12.1. The number of hydrogen-bond donors (Lipinski definition) is 2. The van der Waals surface area contributed by atoms with Gasteiger partial charge in [0.1, 0.15) is 12.2 Å². The van der Waals surface area contributed by atoms with Crippen LogP contribution in [0.1, 0.15) is 30.8 Å². The van der Waals surface area contributed by atoms with Crippen LogP contribution in [0.3, 0.4) is 0 Å². The molecule has 0 aliphatic heterocycles. The SMILES string of the molecule is CN=C(NCc1ncnn1C)NCC(C)(C)c1cccc(C(F)(F)F)c1. The van der Waals surface area contributed by atoms with Gasteiger partial charge in [-0.05, 0) is 11.6 Å². The van der Waals surface area contributed by atoms with E-state index in [0.717, 1.165) is 11.9 Å². The lowest BCUT2D eigenvalue weighted by Crippen LogP contribution is -2.43. The summed E-state index contributed by atoms with van der Waals surface area (Å²) in [6.07, 6.45) is -2.89. The van der Waals surface area contributed by atoms with Crippen molar-refractivity contribution >= 4 is 5.96 Å². The Morgan fingerprint density at radius 3 is 2.46 bits per heavy atom. The molecule has 1 aromatic carbocycles. The highest BCUT2D eigenvalue weighted by Crippen LogP contribution is 2.32. The third-order valence-corrected chi connectivity index (χ3v) is 4.11. The predicted molar refractivity (Wildman–Crippen MR) is 93.7 cm³/mol. The standard InChI is InChI=1S/C17H23F3N6/c1-16(2,12-6-5-7-13(8-12)17(18,19)20)10-23-15(21-3)22-9-14-24-11-25-26(14)4/h5-8,11H,9-10H2,1-4H3,(H2,21,22,23). The van der Waals surface area contributed by atoms with Crippen molar-refractivity contribution in [2.24, 2.45) is 12.0 Å². The Morgan fingerprint density at radius 2 is 1.88 bits per heavy atom. The molecule has 2 rings (SSSR count). The van der Waals surface area contributed by atoms with Gasteiger partial charge in [0.2, 0.25) is 0 Å².